The lowest BCUT2D eigenvalue weighted by molar-refractivity contribution is -0.120. The highest BCUT2D eigenvalue weighted by Gasteiger charge is 2.13. The van der Waals surface area contributed by atoms with Crippen molar-refractivity contribution < 1.29 is 14.0 Å². The SMILES string of the molecule is Cc1ccc(NC(=O)NC(=O)CN(C)Cc2ccc(Br)o2)c(C)c1. The summed E-state index contributed by atoms with van der Waals surface area (Å²) < 4.78 is 6.02. The Balaban J connectivity index is 1.81. The zero-order valence-corrected chi connectivity index (χ0v) is 15.4. The molecule has 1 heterocycles. The smallest absolute Gasteiger partial charge is 0.325 e. The van der Waals surface area contributed by atoms with Crippen molar-refractivity contribution >= 4 is 33.6 Å². The van der Waals surface area contributed by atoms with Gasteiger partial charge in [0.05, 0.1) is 13.1 Å². The van der Waals surface area contributed by atoms with Gasteiger partial charge in [0.25, 0.3) is 0 Å². The van der Waals surface area contributed by atoms with Crippen LogP contribution in [0.4, 0.5) is 10.5 Å². The van der Waals surface area contributed by atoms with Crippen LogP contribution in [0.2, 0.25) is 0 Å². The molecule has 3 amide bonds. The molecule has 0 aliphatic carbocycles. The summed E-state index contributed by atoms with van der Waals surface area (Å²) in [5.41, 5.74) is 2.73. The molecule has 7 heteroatoms. The van der Waals surface area contributed by atoms with Gasteiger partial charge in [0.1, 0.15) is 5.76 Å². The van der Waals surface area contributed by atoms with E-state index < -0.39 is 6.03 Å². The third-order valence-corrected chi connectivity index (χ3v) is 3.78. The molecule has 1 aromatic carbocycles. The number of amides is 3. The molecule has 0 atom stereocenters. The summed E-state index contributed by atoms with van der Waals surface area (Å²) in [5.74, 6) is 0.349. The predicted octanol–water partition coefficient (Wildman–Crippen LogP) is 3.44. The number of carbonyl (C=O) groups excluding carboxylic acids is 2. The lowest BCUT2D eigenvalue weighted by Gasteiger charge is -2.15. The number of hydrogen-bond donors (Lipinski definition) is 2. The number of likely N-dealkylation sites (N-methyl/N-ethyl adjacent to an activating group) is 1. The van der Waals surface area contributed by atoms with Crippen LogP contribution in [0.15, 0.2) is 39.4 Å². The quantitative estimate of drug-likeness (QED) is 0.815. The third-order valence-electron chi connectivity index (χ3n) is 3.35. The van der Waals surface area contributed by atoms with Crippen molar-refractivity contribution in [2.75, 3.05) is 18.9 Å². The number of aryl methyl sites for hydroxylation is 2. The fraction of sp³-hybridized carbons (Fsp3) is 0.294. The molecule has 0 aliphatic rings. The Kier molecular flexibility index (Phi) is 6.16. The van der Waals surface area contributed by atoms with E-state index in [1.165, 1.54) is 0 Å². The van der Waals surface area contributed by atoms with E-state index >= 15 is 0 Å². The molecular formula is C17H20BrN3O3. The monoisotopic (exact) mass is 393 g/mol. The molecule has 0 aliphatic heterocycles. The molecule has 0 fully saturated rings. The Morgan fingerprint density at radius 3 is 2.58 bits per heavy atom. The summed E-state index contributed by atoms with van der Waals surface area (Å²) in [5, 5.41) is 5.00. The van der Waals surface area contributed by atoms with Crippen LogP contribution < -0.4 is 10.6 Å². The van der Waals surface area contributed by atoms with E-state index in [1.807, 2.05) is 38.1 Å². The number of halogens is 1. The van der Waals surface area contributed by atoms with E-state index in [1.54, 1.807) is 18.0 Å². The van der Waals surface area contributed by atoms with Crippen LogP contribution in [0.1, 0.15) is 16.9 Å². The standard InChI is InChI=1S/C17H20BrN3O3/c1-11-4-6-14(12(2)8-11)19-17(23)20-16(22)10-21(3)9-13-5-7-15(18)24-13/h4-8H,9-10H2,1-3H3,(H2,19,20,22,23). The summed E-state index contributed by atoms with van der Waals surface area (Å²) in [6.07, 6.45) is 0. The van der Waals surface area contributed by atoms with Gasteiger partial charge in [-0.25, -0.2) is 4.79 Å². The minimum Gasteiger partial charge on any atom is -0.453 e. The first kappa shape index (κ1) is 18.2. The molecule has 24 heavy (non-hydrogen) atoms. The van der Waals surface area contributed by atoms with E-state index in [9.17, 15) is 9.59 Å². The van der Waals surface area contributed by atoms with Crippen LogP contribution in [0.25, 0.3) is 0 Å². The maximum Gasteiger partial charge on any atom is 0.325 e. The Morgan fingerprint density at radius 2 is 1.96 bits per heavy atom. The molecule has 0 bridgehead atoms. The number of hydrogen-bond acceptors (Lipinski definition) is 4. The number of carbonyl (C=O) groups is 2. The molecule has 1 aromatic heterocycles. The zero-order valence-electron chi connectivity index (χ0n) is 13.9. The van der Waals surface area contributed by atoms with Gasteiger partial charge in [-0.15, -0.1) is 0 Å². The number of anilines is 1. The maximum atomic E-state index is 11.9. The number of nitrogens with zero attached hydrogens (tertiary/aromatic N) is 1. The number of imide groups is 1. The van der Waals surface area contributed by atoms with E-state index in [-0.39, 0.29) is 12.5 Å². The number of furan rings is 1. The Labute approximate surface area is 149 Å². The molecule has 2 N–H and O–H groups in total. The normalized spacial score (nSPS) is 10.7. The van der Waals surface area contributed by atoms with Crippen LogP contribution >= 0.6 is 15.9 Å². The number of rotatable bonds is 5. The van der Waals surface area contributed by atoms with Crippen LogP contribution in [-0.2, 0) is 11.3 Å². The van der Waals surface area contributed by atoms with Crippen molar-refractivity contribution in [2.45, 2.75) is 20.4 Å². The summed E-state index contributed by atoms with van der Waals surface area (Å²) >= 11 is 3.23. The molecule has 0 saturated heterocycles. The molecule has 0 unspecified atom stereocenters. The van der Waals surface area contributed by atoms with Crippen LogP contribution in [0.5, 0.6) is 0 Å². The van der Waals surface area contributed by atoms with Gasteiger partial charge in [0.15, 0.2) is 4.67 Å². The topological polar surface area (TPSA) is 74.6 Å². The second-order valence-electron chi connectivity index (χ2n) is 5.70. The number of benzene rings is 1. The van der Waals surface area contributed by atoms with Gasteiger partial charge < -0.3 is 9.73 Å². The first-order valence-electron chi connectivity index (χ1n) is 7.44. The fourth-order valence-corrected chi connectivity index (χ4v) is 2.62. The number of nitrogens with one attached hydrogen (secondary N) is 2. The third kappa shape index (κ3) is 5.50. The maximum absolute atomic E-state index is 11.9. The van der Waals surface area contributed by atoms with E-state index in [0.717, 1.165) is 16.9 Å². The number of urea groups is 1. The molecule has 128 valence electrons. The largest absolute Gasteiger partial charge is 0.453 e. The van der Waals surface area contributed by atoms with Gasteiger partial charge in [0.2, 0.25) is 5.91 Å². The highest BCUT2D eigenvalue weighted by Crippen LogP contribution is 2.16. The molecule has 0 saturated carbocycles. The zero-order chi connectivity index (χ0) is 17.7. The van der Waals surface area contributed by atoms with Gasteiger partial charge in [-0.1, -0.05) is 17.7 Å². The Morgan fingerprint density at radius 1 is 1.21 bits per heavy atom. The van der Waals surface area contributed by atoms with Crippen molar-refractivity contribution in [3.05, 3.63) is 51.9 Å². The highest BCUT2D eigenvalue weighted by molar-refractivity contribution is 9.10. The molecule has 2 aromatic rings. The lowest BCUT2D eigenvalue weighted by atomic mass is 10.1. The van der Waals surface area contributed by atoms with E-state index in [2.05, 4.69) is 26.6 Å². The first-order chi connectivity index (χ1) is 11.3. The summed E-state index contributed by atoms with van der Waals surface area (Å²) in [6, 6.07) is 8.76. The molecular weight excluding hydrogens is 374 g/mol. The molecule has 0 spiro atoms. The lowest BCUT2D eigenvalue weighted by Crippen LogP contribution is -2.40. The van der Waals surface area contributed by atoms with Gasteiger partial charge in [0, 0.05) is 5.69 Å². The summed E-state index contributed by atoms with van der Waals surface area (Å²) in [4.78, 5) is 25.6. The van der Waals surface area contributed by atoms with Crippen molar-refractivity contribution in [2.24, 2.45) is 0 Å². The van der Waals surface area contributed by atoms with Crippen molar-refractivity contribution in [1.29, 1.82) is 0 Å². The predicted molar refractivity (Wildman–Crippen MR) is 95.8 cm³/mol. The summed E-state index contributed by atoms with van der Waals surface area (Å²) in [7, 11) is 1.78. The Bertz CT molecular complexity index is 742. The molecule has 6 nitrogen and oxygen atoms in total. The van der Waals surface area contributed by atoms with E-state index in [4.69, 9.17) is 4.42 Å². The van der Waals surface area contributed by atoms with Crippen molar-refractivity contribution in [1.82, 2.24) is 10.2 Å². The van der Waals surface area contributed by atoms with Crippen molar-refractivity contribution in [3.8, 4) is 0 Å². The molecule has 0 radical (unpaired) electrons. The van der Waals surface area contributed by atoms with Gasteiger partial charge in [-0.3, -0.25) is 15.0 Å². The second-order valence-corrected chi connectivity index (χ2v) is 6.48. The average Bonchev–Trinajstić information content (AvgIpc) is 2.86. The second kappa shape index (κ2) is 8.12. The fourth-order valence-electron chi connectivity index (χ4n) is 2.28. The van der Waals surface area contributed by atoms with E-state index in [0.29, 0.717) is 16.9 Å². The first-order valence-corrected chi connectivity index (χ1v) is 8.23. The van der Waals surface area contributed by atoms with Crippen LogP contribution in [0.3, 0.4) is 0 Å². The van der Waals surface area contributed by atoms with Gasteiger partial charge in [-0.2, -0.15) is 0 Å². The minimum absolute atomic E-state index is 0.0820. The van der Waals surface area contributed by atoms with Crippen LogP contribution in [-0.4, -0.2) is 30.4 Å². The Hall–Kier alpha value is -2.12. The highest BCUT2D eigenvalue weighted by atomic mass is 79.9. The minimum atomic E-state index is -0.541. The summed E-state index contributed by atoms with van der Waals surface area (Å²) in [6.45, 7) is 4.43. The van der Waals surface area contributed by atoms with Crippen molar-refractivity contribution in [3.63, 3.8) is 0 Å². The van der Waals surface area contributed by atoms with Gasteiger partial charge in [-0.05, 0) is 60.6 Å². The van der Waals surface area contributed by atoms with Crippen LogP contribution in [0, 0.1) is 13.8 Å². The molecule has 2 rings (SSSR count). The average molecular weight is 394 g/mol. The van der Waals surface area contributed by atoms with Gasteiger partial charge >= 0.3 is 6.03 Å².